The maximum atomic E-state index is 12.1. The van der Waals surface area contributed by atoms with Crippen molar-refractivity contribution in [3.63, 3.8) is 0 Å². The Kier molecular flexibility index (Phi) is 5.05. The lowest BCUT2D eigenvalue weighted by atomic mass is 10.2. The van der Waals surface area contributed by atoms with Crippen molar-refractivity contribution in [2.75, 3.05) is 5.32 Å². The van der Waals surface area contributed by atoms with Crippen LogP contribution in [0.15, 0.2) is 23.7 Å². The Hall–Kier alpha value is -2.35. The summed E-state index contributed by atoms with van der Waals surface area (Å²) in [7, 11) is 1.91. The van der Waals surface area contributed by atoms with Gasteiger partial charge < -0.3 is 14.6 Å². The molecule has 0 bridgehead atoms. The van der Waals surface area contributed by atoms with Gasteiger partial charge in [-0.25, -0.2) is 9.78 Å². The van der Waals surface area contributed by atoms with Crippen molar-refractivity contribution in [3.8, 4) is 0 Å². The van der Waals surface area contributed by atoms with Crippen molar-refractivity contribution in [2.45, 2.75) is 32.9 Å². The number of aryl methyl sites for hydroxylation is 1. The molecule has 7 nitrogen and oxygen atoms in total. The van der Waals surface area contributed by atoms with Crippen molar-refractivity contribution in [1.82, 2.24) is 14.9 Å². The maximum absolute atomic E-state index is 12.1. The summed E-state index contributed by atoms with van der Waals surface area (Å²) >= 11 is 1.17. The highest BCUT2D eigenvalue weighted by atomic mass is 32.1. The highest BCUT2D eigenvalue weighted by molar-refractivity contribution is 7.14. The van der Waals surface area contributed by atoms with E-state index in [1.54, 1.807) is 26.2 Å². The number of rotatable bonds is 4. The minimum absolute atomic E-state index is 0.260. The van der Waals surface area contributed by atoms with Crippen LogP contribution in [0.2, 0.25) is 0 Å². The molecule has 0 aromatic carbocycles. The van der Waals surface area contributed by atoms with E-state index in [-0.39, 0.29) is 11.6 Å². The van der Waals surface area contributed by atoms with Gasteiger partial charge in [-0.3, -0.25) is 10.1 Å². The number of ether oxygens (including phenoxy) is 1. The topological polar surface area (TPSA) is 85.2 Å². The summed E-state index contributed by atoms with van der Waals surface area (Å²) < 4.78 is 7.06. The normalized spacial score (nSPS) is 11.1. The number of amides is 2. The Labute approximate surface area is 138 Å². The molecule has 124 valence electrons. The minimum atomic E-state index is -0.595. The molecule has 2 aromatic rings. The van der Waals surface area contributed by atoms with E-state index >= 15 is 0 Å². The first-order chi connectivity index (χ1) is 10.7. The minimum Gasteiger partial charge on any atom is -0.444 e. The number of carbonyl (C=O) groups excluding carboxylic acids is 2. The molecule has 0 saturated heterocycles. The van der Waals surface area contributed by atoms with E-state index in [2.05, 4.69) is 15.6 Å². The van der Waals surface area contributed by atoms with Gasteiger partial charge in [0.05, 0.1) is 6.54 Å². The number of carbonyl (C=O) groups is 2. The van der Waals surface area contributed by atoms with E-state index in [0.29, 0.717) is 11.7 Å². The number of nitrogens with one attached hydrogen (secondary N) is 2. The van der Waals surface area contributed by atoms with Crippen LogP contribution in [0.3, 0.4) is 0 Å². The van der Waals surface area contributed by atoms with E-state index in [0.717, 1.165) is 5.69 Å². The third-order valence-electron chi connectivity index (χ3n) is 2.83. The quantitative estimate of drug-likeness (QED) is 0.899. The van der Waals surface area contributed by atoms with Crippen molar-refractivity contribution in [3.05, 3.63) is 35.1 Å². The van der Waals surface area contributed by atoms with Crippen LogP contribution < -0.4 is 10.6 Å². The molecule has 2 rings (SSSR count). The molecule has 2 aromatic heterocycles. The van der Waals surface area contributed by atoms with E-state index in [1.807, 2.05) is 29.9 Å². The largest absolute Gasteiger partial charge is 0.444 e. The van der Waals surface area contributed by atoms with Crippen LogP contribution in [0, 0.1) is 0 Å². The number of aromatic nitrogens is 2. The van der Waals surface area contributed by atoms with Gasteiger partial charge in [0.15, 0.2) is 5.13 Å². The molecule has 0 atom stereocenters. The fourth-order valence-corrected chi connectivity index (χ4v) is 2.44. The summed E-state index contributed by atoms with van der Waals surface area (Å²) in [4.78, 5) is 27.8. The first kappa shape index (κ1) is 17.0. The number of anilines is 1. The summed E-state index contributed by atoms with van der Waals surface area (Å²) in [6, 6.07) is 3.84. The molecule has 0 aliphatic carbocycles. The van der Waals surface area contributed by atoms with Crippen LogP contribution >= 0.6 is 11.3 Å². The van der Waals surface area contributed by atoms with Crippen molar-refractivity contribution in [1.29, 1.82) is 0 Å². The summed E-state index contributed by atoms with van der Waals surface area (Å²) in [6.45, 7) is 5.74. The maximum Gasteiger partial charge on any atom is 0.413 e. The molecular formula is C15H20N4O3S. The lowest BCUT2D eigenvalue weighted by molar-refractivity contribution is 0.0635. The second kappa shape index (κ2) is 6.82. The molecule has 0 aliphatic rings. The van der Waals surface area contributed by atoms with Crippen LogP contribution in [0.1, 0.15) is 37.0 Å². The average Bonchev–Trinajstić information content (AvgIpc) is 3.03. The Bertz CT molecular complexity index is 700. The second-order valence-electron chi connectivity index (χ2n) is 5.96. The van der Waals surface area contributed by atoms with Crippen LogP contribution in [0.25, 0.3) is 0 Å². The van der Waals surface area contributed by atoms with Gasteiger partial charge >= 0.3 is 6.09 Å². The molecule has 8 heteroatoms. The zero-order chi connectivity index (χ0) is 17.0. The van der Waals surface area contributed by atoms with Crippen LogP contribution in [0.5, 0.6) is 0 Å². The monoisotopic (exact) mass is 336 g/mol. The zero-order valence-electron chi connectivity index (χ0n) is 13.5. The molecule has 2 amide bonds. The Morgan fingerprint density at radius 2 is 2.13 bits per heavy atom. The number of nitrogens with zero attached hydrogens (tertiary/aromatic N) is 2. The van der Waals surface area contributed by atoms with Gasteiger partial charge in [0, 0.05) is 24.3 Å². The van der Waals surface area contributed by atoms with Gasteiger partial charge in [-0.15, -0.1) is 11.3 Å². The lowest BCUT2D eigenvalue weighted by Crippen LogP contribution is -2.27. The molecule has 0 saturated carbocycles. The number of hydrogen-bond acceptors (Lipinski definition) is 5. The van der Waals surface area contributed by atoms with Gasteiger partial charge in [0.2, 0.25) is 0 Å². The standard InChI is InChI=1S/C15H20N4O3S/c1-15(2,3)22-14(21)18-13-17-11(9-23-13)12(20)16-8-10-6-5-7-19(10)4/h5-7,9H,8H2,1-4H3,(H,16,20)(H,17,18,21). The van der Waals surface area contributed by atoms with Crippen LogP contribution in [0.4, 0.5) is 9.93 Å². The predicted molar refractivity (Wildman–Crippen MR) is 88.6 cm³/mol. The van der Waals surface area contributed by atoms with Crippen molar-refractivity contribution in [2.24, 2.45) is 7.05 Å². The smallest absolute Gasteiger partial charge is 0.413 e. The van der Waals surface area contributed by atoms with Crippen LogP contribution in [-0.2, 0) is 18.3 Å². The van der Waals surface area contributed by atoms with Crippen molar-refractivity contribution >= 4 is 28.5 Å². The highest BCUT2D eigenvalue weighted by Gasteiger charge is 2.18. The van der Waals surface area contributed by atoms with Gasteiger partial charge in [0.25, 0.3) is 5.91 Å². The number of thiazole rings is 1. The molecule has 23 heavy (non-hydrogen) atoms. The summed E-state index contributed by atoms with van der Waals surface area (Å²) in [5, 5.41) is 7.21. The molecule has 0 fully saturated rings. The SMILES string of the molecule is Cn1cccc1CNC(=O)c1csc(NC(=O)OC(C)(C)C)n1. The first-order valence-corrected chi connectivity index (χ1v) is 7.96. The Morgan fingerprint density at radius 3 is 2.74 bits per heavy atom. The first-order valence-electron chi connectivity index (χ1n) is 7.08. The molecule has 2 N–H and O–H groups in total. The molecule has 0 unspecified atom stereocenters. The predicted octanol–water partition coefficient (Wildman–Crippen LogP) is 2.76. The van der Waals surface area contributed by atoms with Gasteiger partial charge in [0.1, 0.15) is 11.3 Å². The summed E-state index contributed by atoms with van der Waals surface area (Å²) in [5.41, 5.74) is 0.660. The lowest BCUT2D eigenvalue weighted by Gasteiger charge is -2.18. The summed E-state index contributed by atoms with van der Waals surface area (Å²) in [6.07, 6.45) is 1.32. The van der Waals surface area contributed by atoms with Gasteiger partial charge in [-0.1, -0.05) is 0 Å². The van der Waals surface area contributed by atoms with Crippen molar-refractivity contribution < 1.29 is 14.3 Å². The summed E-state index contributed by atoms with van der Waals surface area (Å²) in [5.74, 6) is -0.292. The Morgan fingerprint density at radius 1 is 1.39 bits per heavy atom. The average molecular weight is 336 g/mol. The molecule has 0 aliphatic heterocycles. The fourth-order valence-electron chi connectivity index (χ4n) is 1.77. The molecule has 2 heterocycles. The fraction of sp³-hybridized carbons (Fsp3) is 0.400. The van der Waals surface area contributed by atoms with Gasteiger partial charge in [-0.2, -0.15) is 0 Å². The van der Waals surface area contributed by atoms with E-state index in [1.165, 1.54) is 11.3 Å². The Balaban J connectivity index is 1.89. The number of hydrogen-bond donors (Lipinski definition) is 2. The third-order valence-corrected chi connectivity index (χ3v) is 3.58. The van der Waals surface area contributed by atoms with E-state index in [4.69, 9.17) is 4.74 Å². The molecule has 0 radical (unpaired) electrons. The highest BCUT2D eigenvalue weighted by Crippen LogP contribution is 2.17. The third kappa shape index (κ3) is 5.10. The molecule has 0 spiro atoms. The second-order valence-corrected chi connectivity index (χ2v) is 6.82. The zero-order valence-corrected chi connectivity index (χ0v) is 14.4. The van der Waals surface area contributed by atoms with E-state index in [9.17, 15) is 9.59 Å². The van der Waals surface area contributed by atoms with Crippen LogP contribution in [-0.4, -0.2) is 27.2 Å². The molecular weight excluding hydrogens is 316 g/mol. The van der Waals surface area contributed by atoms with E-state index < -0.39 is 11.7 Å². The van der Waals surface area contributed by atoms with Gasteiger partial charge in [-0.05, 0) is 32.9 Å².